The van der Waals surface area contributed by atoms with Crippen LogP contribution in [-0.4, -0.2) is 22.1 Å². The molecule has 0 heterocycles. The second-order valence-corrected chi connectivity index (χ2v) is 5.70. The molecule has 1 aliphatic rings. The summed E-state index contributed by atoms with van der Waals surface area (Å²) < 4.78 is 0. The van der Waals surface area contributed by atoms with Crippen LogP contribution in [0.2, 0.25) is 0 Å². The monoisotopic (exact) mass is 230 g/mol. The van der Waals surface area contributed by atoms with E-state index in [0.29, 0.717) is 5.92 Å². The number of carbonyl (C=O) groups excluding carboxylic acids is 1. The van der Waals surface area contributed by atoms with Crippen molar-refractivity contribution < 1.29 is 9.90 Å². The highest BCUT2D eigenvalue weighted by Gasteiger charge is 2.29. The Labute approximate surface area is 96.8 Å². The summed E-state index contributed by atoms with van der Waals surface area (Å²) in [7, 11) is 0. The van der Waals surface area contributed by atoms with Crippen LogP contribution in [0, 0.1) is 11.8 Å². The fourth-order valence-corrected chi connectivity index (χ4v) is 2.98. The molecule has 15 heavy (non-hydrogen) atoms. The van der Waals surface area contributed by atoms with Crippen molar-refractivity contribution in [3.8, 4) is 0 Å². The van der Waals surface area contributed by atoms with Gasteiger partial charge in [0, 0.05) is 0 Å². The fraction of sp³-hybridized carbons (Fsp3) is 0.917. The lowest BCUT2D eigenvalue weighted by atomic mass is 9.81. The Balaban J connectivity index is 2.43. The van der Waals surface area contributed by atoms with Gasteiger partial charge in [-0.1, -0.05) is 44.9 Å². The van der Waals surface area contributed by atoms with Crippen LogP contribution in [0.25, 0.3) is 0 Å². The minimum atomic E-state index is -0.420. The SMILES string of the molecule is CCSC(=O)[C@@H](C)[C@H](O)C1CCCCC1. The lowest BCUT2D eigenvalue weighted by molar-refractivity contribution is -0.118. The van der Waals surface area contributed by atoms with E-state index in [4.69, 9.17) is 0 Å². The van der Waals surface area contributed by atoms with E-state index in [1.165, 1.54) is 31.0 Å². The van der Waals surface area contributed by atoms with Crippen LogP contribution in [-0.2, 0) is 4.79 Å². The zero-order valence-electron chi connectivity index (χ0n) is 9.74. The first-order valence-electron chi connectivity index (χ1n) is 6.01. The first-order valence-corrected chi connectivity index (χ1v) is 7.00. The molecular formula is C12H22O2S. The number of carbonyl (C=O) groups is 1. The van der Waals surface area contributed by atoms with Gasteiger partial charge in [-0.25, -0.2) is 0 Å². The molecule has 0 amide bonds. The summed E-state index contributed by atoms with van der Waals surface area (Å²) in [4.78, 5) is 11.6. The van der Waals surface area contributed by atoms with Gasteiger partial charge in [0.15, 0.2) is 5.12 Å². The Morgan fingerprint density at radius 2 is 2.00 bits per heavy atom. The first kappa shape index (κ1) is 13.0. The molecular weight excluding hydrogens is 208 g/mol. The molecule has 2 atom stereocenters. The summed E-state index contributed by atoms with van der Waals surface area (Å²) in [6, 6.07) is 0. The fourth-order valence-electron chi connectivity index (χ4n) is 2.30. The lowest BCUT2D eigenvalue weighted by Crippen LogP contribution is -2.32. The Morgan fingerprint density at radius 3 is 2.53 bits per heavy atom. The minimum absolute atomic E-state index is 0.149. The predicted octanol–water partition coefficient (Wildman–Crippen LogP) is 2.84. The highest BCUT2D eigenvalue weighted by atomic mass is 32.2. The van der Waals surface area contributed by atoms with Crippen LogP contribution < -0.4 is 0 Å². The molecule has 0 aromatic heterocycles. The van der Waals surface area contributed by atoms with Crippen molar-refractivity contribution in [2.75, 3.05) is 5.75 Å². The summed E-state index contributed by atoms with van der Waals surface area (Å²) in [5.74, 6) is 0.966. The molecule has 0 radical (unpaired) electrons. The number of thioether (sulfide) groups is 1. The van der Waals surface area contributed by atoms with Gasteiger partial charge in [0.2, 0.25) is 0 Å². The third-order valence-electron chi connectivity index (χ3n) is 3.30. The molecule has 1 N–H and O–H groups in total. The van der Waals surface area contributed by atoms with E-state index >= 15 is 0 Å². The summed E-state index contributed by atoms with van der Waals surface area (Å²) in [5, 5.41) is 10.3. The number of hydrogen-bond donors (Lipinski definition) is 1. The van der Waals surface area contributed by atoms with Gasteiger partial charge in [0.1, 0.15) is 0 Å². The van der Waals surface area contributed by atoms with Gasteiger partial charge in [-0.2, -0.15) is 0 Å². The van der Waals surface area contributed by atoms with Crippen molar-refractivity contribution in [1.29, 1.82) is 0 Å². The average Bonchev–Trinajstić information content (AvgIpc) is 2.28. The summed E-state index contributed by atoms with van der Waals surface area (Å²) in [6.07, 6.45) is 5.48. The van der Waals surface area contributed by atoms with Gasteiger partial charge in [-0.15, -0.1) is 0 Å². The molecule has 0 bridgehead atoms. The molecule has 1 rings (SSSR count). The minimum Gasteiger partial charge on any atom is -0.392 e. The highest BCUT2D eigenvalue weighted by molar-refractivity contribution is 8.13. The molecule has 0 spiro atoms. The van der Waals surface area contributed by atoms with E-state index in [2.05, 4.69) is 0 Å². The van der Waals surface area contributed by atoms with Crippen LogP contribution in [0.4, 0.5) is 0 Å². The van der Waals surface area contributed by atoms with Crippen LogP contribution in [0.1, 0.15) is 46.0 Å². The van der Waals surface area contributed by atoms with Gasteiger partial charge in [-0.05, 0) is 24.5 Å². The quantitative estimate of drug-likeness (QED) is 0.807. The molecule has 1 fully saturated rings. The smallest absolute Gasteiger partial charge is 0.194 e. The summed E-state index contributed by atoms with van der Waals surface area (Å²) in [5.41, 5.74) is 0. The third-order valence-corrected chi connectivity index (χ3v) is 4.25. The van der Waals surface area contributed by atoms with E-state index in [0.717, 1.165) is 18.6 Å². The van der Waals surface area contributed by atoms with E-state index in [1.807, 2.05) is 13.8 Å². The standard InChI is InChI=1S/C12H22O2S/c1-3-15-12(14)9(2)11(13)10-7-5-4-6-8-10/h9-11,13H,3-8H2,1-2H3/t9-,11-/m0/s1. The normalized spacial score (nSPS) is 22.3. The van der Waals surface area contributed by atoms with Crippen molar-refractivity contribution in [3.05, 3.63) is 0 Å². The molecule has 2 nitrogen and oxygen atoms in total. The average molecular weight is 230 g/mol. The zero-order valence-corrected chi connectivity index (χ0v) is 10.6. The molecule has 1 saturated carbocycles. The van der Waals surface area contributed by atoms with Crippen LogP contribution in [0.5, 0.6) is 0 Å². The van der Waals surface area contributed by atoms with Crippen LogP contribution in [0.3, 0.4) is 0 Å². The van der Waals surface area contributed by atoms with Gasteiger partial charge >= 0.3 is 0 Å². The predicted molar refractivity (Wildman–Crippen MR) is 64.9 cm³/mol. The van der Waals surface area contributed by atoms with Crippen molar-refractivity contribution >= 4 is 16.9 Å². The van der Waals surface area contributed by atoms with Crippen LogP contribution in [0.15, 0.2) is 0 Å². The molecule has 0 aromatic carbocycles. The molecule has 0 saturated heterocycles. The Kier molecular flexibility index (Phi) is 5.69. The molecule has 3 heteroatoms. The number of hydrogen-bond acceptors (Lipinski definition) is 3. The maximum atomic E-state index is 11.6. The van der Waals surface area contributed by atoms with Gasteiger partial charge in [-0.3, -0.25) is 4.79 Å². The van der Waals surface area contributed by atoms with Gasteiger partial charge in [0.25, 0.3) is 0 Å². The van der Waals surface area contributed by atoms with E-state index in [1.54, 1.807) is 0 Å². The number of aliphatic hydroxyl groups is 1. The van der Waals surface area contributed by atoms with E-state index < -0.39 is 6.10 Å². The van der Waals surface area contributed by atoms with Gasteiger partial charge < -0.3 is 5.11 Å². The topological polar surface area (TPSA) is 37.3 Å². The van der Waals surface area contributed by atoms with Gasteiger partial charge in [0.05, 0.1) is 12.0 Å². The van der Waals surface area contributed by atoms with Crippen molar-refractivity contribution in [2.45, 2.75) is 52.1 Å². The molecule has 0 unspecified atom stereocenters. The molecule has 0 aliphatic heterocycles. The largest absolute Gasteiger partial charge is 0.392 e. The lowest BCUT2D eigenvalue weighted by Gasteiger charge is -2.29. The molecule has 0 aromatic rings. The Bertz CT molecular complexity index is 200. The Hall–Kier alpha value is -0.0200. The van der Waals surface area contributed by atoms with Crippen molar-refractivity contribution in [3.63, 3.8) is 0 Å². The first-order chi connectivity index (χ1) is 7.16. The maximum Gasteiger partial charge on any atom is 0.194 e. The second kappa shape index (κ2) is 6.54. The Morgan fingerprint density at radius 1 is 1.40 bits per heavy atom. The molecule has 88 valence electrons. The molecule has 1 aliphatic carbocycles. The van der Waals surface area contributed by atoms with Crippen LogP contribution >= 0.6 is 11.8 Å². The van der Waals surface area contributed by atoms with E-state index in [-0.39, 0.29) is 11.0 Å². The van der Waals surface area contributed by atoms with E-state index in [9.17, 15) is 9.90 Å². The van der Waals surface area contributed by atoms with Crippen molar-refractivity contribution in [2.24, 2.45) is 11.8 Å². The number of rotatable bonds is 4. The highest BCUT2D eigenvalue weighted by Crippen LogP contribution is 2.30. The second-order valence-electron chi connectivity index (χ2n) is 4.43. The third kappa shape index (κ3) is 3.80. The maximum absolute atomic E-state index is 11.6. The summed E-state index contributed by atoms with van der Waals surface area (Å²) >= 11 is 1.33. The zero-order chi connectivity index (χ0) is 11.3. The summed E-state index contributed by atoms with van der Waals surface area (Å²) in [6.45, 7) is 3.84. The van der Waals surface area contributed by atoms with Crippen molar-refractivity contribution in [1.82, 2.24) is 0 Å². The number of aliphatic hydroxyl groups excluding tert-OH is 1.